The molecule has 37 heavy (non-hydrogen) atoms. The summed E-state index contributed by atoms with van der Waals surface area (Å²) >= 11 is 0. The number of aldehydes is 1. The maximum absolute atomic E-state index is 13.4. The molecule has 1 aromatic heterocycles. The zero-order chi connectivity index (χ0) is 27.1. The van der Waals surface area contributed by atoms with Crippen molar-refractivity contribution in [3.8, 4) is 23.1 Å². The van der Waals surface area contributed by atoms with Crippen LogP contribution in [0.15, 0.2) is 30.5 Å². The van der Waals surface area contributed by atoms with Gasteiger partial charge >= 0.3 is 0 Å². The quantitative estimate of drug-likeness (QED) is 0.230. The van der Waals surface area contributed by atoms with E-state index in [1.165, 1.54) is 6.92 Å². The van der Waals surface area contributed by atoms with E-state index in [0.717, 1.165) is 11.6 Å². The number of ether oxygens (including phenoxy) is 2. The Balaban J connectivity index is 1.89. The first-order chi connectivity index (χ1) is 17.5. The molecule has 2 heterocycles. The Morgan fingerprint density at radius 1 is 1.41 bits per heavy atom. The van der Waals surface area contributed by atoms with Crippen molar-refractivity contribution >= 4 is 20.3 Å². The molecular weight excluding hydrogens is 488 g/mol. The first-order valence-electron chi connectivity index (χ1n) is 12.8. The minimum Gasteiger partial charge on any atom is -0.494 e. The van der Waals surface area contributed by atoms with Crippen LogP contribution in [0, 0.1) is 17.2 Å². The van der Waals surface area contributed by atoms with Gasteiger partial charge in [0, 0.05) is 26.4 Å². The predicted molar refractivity (Wildman–Crippen MR) is 143 cm³/mol. The summed E-state index contributed by atoms with van der Waals surface area (Å²) in [5.41, 5.74) is 0.0102. The summed E-state index contributed by atoms with van der Waals surface area (Å²) in [4.78, 5) is 25.3. The molecule has 0 spiro atoms. The molecule has 1 aliphatic rings. The smallest absolute Gasteiger partial charge is 0.255 e. The van der Waals surface area contributed by atoms with Gasteiger partial charge in [-0.25, -0.2) is 4.68 Å². The third-order valence-corrected chi connectivity index (χ3v) is 8.06. The molecule has 1 amide bonds. The van der Waals surface area contributed by atoms with Crippen molar-refractivity contribution in [2.24, 2.45) is 5.92 Å². The number of nitrogens with zero attached hydrogens (tertiary/aromatic N) is 3. The van der Waals surface area contributed by atoms with Gasteiger partial charge in [-0.15, -0.1) is 0 Å². The van der Waals surface area contributed by atoms with Gasteiger partial charge < -0.3 is 24.7 Å². The first-order valence-corrected chi connectivity index (χ1v) is 16.5. The monoisotopic (exact) mass is 526 g/mol. The Hall–Kier alpha value is -3.00. The number of carbonyl (C=O) groups is 2. The highest BCUT2D eigenvalue weighted by molar-refractivity contribution is 6.76. The van der Waals surface area contributed by atoms with E-state index in [1.807, 2.05) is 30.3 Å². The summed E-state index contributed by atoms with van der Waals surface area (Å²) in [6.45, 7) is 9.59. The van der Waals surface area contributed by atoms with Crippen LogP contribution in [0.4, 0.5) is 0 Å². The van der Waals surface area contributed by atoms with Crippen molar-refractivity contribution in [3.63, 3.8) is 0 Å². The highest BCUT2D eigenvalue weighted by Gasteiger charge is 2.29. The highest BCUT2D eigenvalue weighted by Crippen LogP contribution is 2.29. The third-order valence-electron chi connectivity index (χ3n) is 6.35. The van der Waals surface area contributed by atoms with Gasteiger partial charge in [-0.3, -0.25) is 4.79 Å². The van der Waals surface area contributed by atoms with E-state index in [0.29, 0.717) is 55.8 Å². The number of aromatic nitrogens is 2. The molecule has 0 fully saturated rings. The number of nitriles is 1. The Bertz CT molecular complexity index is 1120. The highest BCUT2D eigenvalue weighted by atomic mass is 28.3. The largest absolute Gasteiger partial charge is 0.494 e. The summed E-state index contributed by atoms with van der Waals surface area (Å²) in [6.07, 6.45) is 4.15. The Morgan fingerprint density at radius 2 is 2.19 bits per heavy atom. The first kappa shape index (κ1) is 28.6. The fourth-order valence-electron chi connectivity index (χ4n) is 4.36. The molecule has 3 atom stereocenters. The molecule has 9 nitrogen and oxygen atoms in total. The van der Waals surface area contributed by atoms with Crippen LogP contribution in [0.2, 0.25) is 25.7 Å². The second kappa shape index (κ2) is 12.5. The van der Waals surface area contributed by atoms with E-state index < -0.39 is 25.6 Å². The molecule has 2 aromatic rings. The second-order valence-corrected chi connectivity index (χ2v) is 16.8. The van der Waals surface area contributed by atoms with E-state index in [2.05, 4.69) is 30.1 Å². The topological polar surface area (TPSA) is 126 Å². The zero-order valence-electron chi connectivity index (χ0n) is 22.2. The van der Waals surface area contributed by atoms with Gasteiger partial charge in [-0.2, -0.15) is 10.4 Å². The number of carbonyl (C=O) groups excluding carboxylic acids is 2. The third kappa shape index (κ3) is 8.81. The summed E-state index contributed by atoms with van der Waals surface area (Å²) in [5, 5.41) is 27.1. The molecule has 3 rings (SSSR count). The SMILES string of the molecule is CC(O)(C#N)CC1CCCOc2cccc(c2)-c2nn(COCC[Si](C)(C)C)cc2C(=O)N[C@H](C=O)C1. The molecule has 1 aliphatic heterocycles. The molecule has 200 valence electrons. The zero-order valence-corrected chi connectivity index (χ0v) is 23.2. The molecule has 2 unspecified atom stereocenters. The fraction of sp³-hybridized carbons (Fsp3) is 0.556. The van der Waals surface area contributed by atoms with Crippen molar-refractivity contribution in [1.29, 1.82) is 5.26 Å². The van der Waals surface area contributed by atoms with Gasteiger partial charge in [0.25, 0.3) is 5.91 Å². The molecule has 0 aliphatic carbocycles. The maximum Gasteiger partial charge on any atom is 0.255 e. The van der Waals surface area contributed by atoms with E-state index in [1.54, 1.807) is 10.9 Å². The number of hydrogen-bond donors (Lipinski definition) is 2. The van der Waals surface area contributed by atoms with E-state index >= 15 is 0 Å². The summed E-state index contributed by atoms with van der Waals surface area (Å²) < 4.78 is 13.4. The van der Waals surface area contributed by atoms with Crippen LogP contribution in [0.5, 0.6) is 5.75 Å². The molecule has 0 saturated carbocycles. The van der Waals surface area contributed by atoms with Crippen LogP contribution in [0.25, 0.3) is 11.3 Å². The molecule has 2 N–H and O–H groups in total. The Kier molecular flexibility index (Phi) is 9.65. The summed E-state index contributed by atoms with van der Waals surface area (Å²) in [6, 6.07) is 9.58. The van der Waals surface area contributed by atoms with Crippen LogP contribution >= 0.6 is 0 Å². The van der Waals surface area contributed by atoms with E-state index in [4.69, 9.17) is 9.47 Å². The lowest BCUT2D eigenvalue weighted by Gasteiger charge is -2.26. The lowest BCUT2D eigenvalue weighted by atomic mass is 9.85. The lowest BCUT2D eigenvalue weighted by molar-refractivity contribution is -0.109. The van der Waals surface area contributed by atoms with Gasteiger partial charge in [-0.1, -0.05) is 31.8 Å². The van der Waals surface area contributed by atoms with E-state index in [9.17, 15) is 20.0 Å². The number of rotatable bonds is 8. The van der Waals surface area contributed by atoms with Gasteiger partial charge in [-0.05, 0) is 56.7 Å². The van der Waals surface area contributed by atoms with Crippen LogP contribution in [0.1, 0.15) is 43.0 Å². The van der Waals surface area contributed by atoms with Gasteiger partial charge in [0.1, 0.15) is 30.1 Å². The normalized spacial score (nSPS) is 20.4. The minimum absolute atomic E-state index is 0.162. The molecular formula is C27H38N4O5Si. The van der Waals surface area contributed by atoms with Gasteiger partial charge in [0.05, 0.1) is 24.3 Å². The number of hydrogen-bond acceptors (Lipinski definition) is 7. The number of benzene rings is 1. The van der Waals surface area contributed by atoms with Crippen molar-refractivity contribution in [3.05, 3.63) is 36.0 Å². The van der Waals surface area contributed by atoms with Crippen LogP contribution in [0.3, 0.4) is 0 Å². The standard InChI is InChI=1S/C27H38N4O5Si/c1-27(34,18-28)15-20-7-6-10-36-23-9-5-8-21(14-23)25-24(26(33)29-22(13-20)17-32)16-31(30-25)19-35-11-12-37(2,3)4/h5,8-9,14,16-17,20,22,34H,6-7,10-13,15,19H2,1-4H3,(H,29,33)/t20?,22-,27?/m0/s1. The van der Waals surface area contributed by atoms with Crippen molar-refractivity contribution in [2.45, 2.75) is 76.7 Å². The number of amides is 1. The van der Waals surface area contributed by atoms with Gasteiger partial charge in [0.15, 0.2) is 0 Å². The van der Waals surface area contributed by atoms with Crippen LogP contribution in [-0.2, 0) is 16.3 Å². The maximum atomic E-state index is 13.4. The lowest BCUT2D eigenvalue weighted by Crippen LogP contribution is -2.39. The van der Waals surface area contributed by atoms with Crippen molar-refractivity contribution in [2.75, 3.05) is 13.2 Å². The summed E-state index contributed by atoms with van der Waals surface area (Å²) in [7, 11) is -1.23. The van der Waals surface area contributed by atoms with Gasteiger partial charge in [0.2, 0.25) is 0 Å². The van der Waals surface area contributed by atoms with Crippen LogP contribution < -0.4 is 10.1 Å². The predicted octanol–water partition coefficient (Wildman–Crippen LogP) is 4.00. The number of nitrogens with one attached hydrogen (secondary N) is 1. The molecule has 0 radical (unpaired) electrons. The average Bonchev–Trinajstić information content (AvgIpc) is 3.27. The number of fused-ring (bicyclic) bond motifs is 4. The van der Waals surface area contributed by atoms with Crippen molar-refractivity contribution < 1.29 is 24.2 Å². The van der Waals surface area contributed by atoms with E-state index in [-0.39, 0.29) is 19.1 Å². The fourth-order valence-corrected chi connectivity index (χ4v) is 5.12. The summed E-state index contributed by atoms with van der Waals surface area (Å²) in [5.74, 6) is 0.0767. The van der Waals surface area contributed by atoms with Crippen molar-refractivity contribution in [1.82, 2.24) is 15.1 Å². The van der Waals surface area contributed by atoms with Crippen LogP contribution in [-0.4, -0.2) is 60.0 Å². The molecule has 1 aromatic carbocycles. The number of aliphatic hydroxyl groups is 1. The minimum atomic E-state index is -1.52. The molecule has 2 bridgehead atoms. The average molecular weight is 527 g/mol. The Morgan fingerprint density at radius 3 is 2.89 bits per heavy atom. The second-order valence-electron chi connectivity index (χ2n) is 11.2. The molecule has 0 saturated heterocycles. The molecule has 10 heteroatoms. The Labute approximate surface area is 219 Å².